The average Bonchev–Trinajstić information content (AvgIpc) is 2.88. The van der Waals surface area contributed by atoms with Gasteiger partial charge in [-0.1, -0.05) is 36.4 Å². The maximum absolute atomic E-state index is 13.5. The molecule has 0 radical (unpaired) electrons. The van der Waals surface area contributed by atoms with E-state index in [-0.39, 0.29) is 22.8 Å². The molecule has 9 heteroatoms. The largest absolute Gasteiger partial charge is 0.497 e. The summed E-state index contributed by atoms with van der Waals surface area (Å²) in [6.45, 7) is 0. The molecule has 8 nitrogen and oxygen atoms in total. The first-order valence-corrected chi connectivity index (χ1v) is 12.4. The maximum atomic E-state index is 13.5. The number of likely N-dealkylation sites (N-methyl/N-ethyl adjacent to an activating group) is 1. The molecule has 0 spiro atoms. The minimum Gasteiger partial charge on any atom is -0.497 e. The zero-order valence-electron chi connectivity index (χ0n) is 20.1. The Balaban J connectivity index is 1.88. The number of amides is 2. The molecule has 2 amide bonds. The maximum Gasteiger partial charge on any atom is 0.251 e. The van der Waals surface area contributed by atoms with E-state index < -0.39 is 22.0 Å². The molecule has 0 bridgehead atoms. The summed E-state index contributed by atoms with van der Waals surface area (Å²) in [4.78, 5) is 28.1. The van der Waals surface area contributed by atoms with Crippen LogP contribution in [0.25, 0.3) is 0 Å². The van der Waals surface area contributed by atoms with Crippen molar-refractivity contribution < 1.29 is 22.7 Å². The number of benzene rings is 3. The number of methoxy groups -OCH3 is 1. The lowest BCUT2D eigenvalue weighted by atomic mass is 10.0. The molecule has 0 saturated carbocycles. The second-order valence-electron chi connectivity index (χ2n) is 8.13. The summed E-state index contributed by atoms with van der Waals surface area (Å²) in [5, 5.41) is 2.80. The van der Waals surface area contributed by atoms with Crippen molar-refractivity contribution in [3.63, 3.8) is 0 Å². The van der Waals surface area contributed by atoms with E-state index in [1.807, 2.05) is 30.3 Å². The number of ether oxygens (including phenoxy) is 1. The number of nitrogens with zero attached hydrogens (tertiary/aromatic N) is 2. The predicted molar refractivity (Wildman–Crippen MR) is 135 cm³/mol. The molecule has 3 aromatic carbocycles. The standard InChI is InChI=1S/C26H29N3O5S/c1-28(2)35(32,33)23-12-8-11-20(18-23)25(30)27-24(17-19-9-6-5-7-10-19)26(31)29(3)21-13-15-22(34-4)16-14-21/h5-16,18,24H,17H2,1-4H3,(H,27,30)/t24-/m0/s1. The molecule has 0 aromatic heterocycles. The van der Waals surface area contributed by atoms with Crippen molar-refractivity contribution in [1.29, 1.82) is 0 Å². The lowest BCUT2D eigenvalue weighted by Gasteiger charge is -2.25. The van der Waals surface area contributed by atoms with Gasteiger partial charge in [0, 0.05) is 38.8 Å². The van der Waals surface area contributed by atoms with E-state index in [4.69, 9.17) is 4.74 Å². The van der Waals surface area contributed by atoms with E-state index in [2.05, 4.69) is 5.32 Å². The minimum absolute atomic E-state index is 0.00330. The van der Waals surface area contributed by atoms with Gasteiger partial charge in [0.25, 0.3) is 5.91 Å². The molecular formula is C26H29N3O5S. The number of rotatable bonds is 9. The van der Waals surface area contributed by atoms with Crippen molar-refractivity contribution >= 4 is 27.5 Å². The Hall–Kier alpha value is -3.69. The molecule has 0 heterocycles. The third-order valence-corrected chi connectivity index (χ3v) is 7.36. The van der Waals surface area contributed by atoms with Crippen molar-refractivity contribution in [1.82, 2.24) is 9.62 Å². The summed E-state index contributed by atoms with van der Waals surface area (Å²) >= 11 is 0. The summed E-state index contributed by atoms with van der Waals surface area (Å²) < 4.78 is 31.2. The molecule has 1 atom stereocenters. The molecule has 0 aliphatic rings. The van der Waals surface area contributed by atoms with Gasteiger partial charge in [-0.25, -0.2) is 12.7 Å². The van der Waals surface area contributed by atoms with Gasteiger partial charge in [-0.15, -0.1) is 0 Å². The Labute approximate surface area is 206 Å². The Morgan fingerprint density at radius 2 is 1.57 bits per heavy atom. The van der Waals surface area contributed by atoms with Gasteiger partial charge in [0.05, 0.1) is 12.0 Å². The fourth-order valence-corrected chi connectivity index (χ4v) is 4.41. The van der Waals surface area contributed by atoms with Crippen molar-refractivity contribution in [3.05, 3.63) is 90.0 Å². The molecule has 0 aliphatic carbocycles. The van der Waals surface area contributed by atoms with Crippen LogP contribution in [0, 0.1) is 0 Å². The van der Waals surface area contributed by atoms with Crippen LogP contribution in [-0.4, -0.2) is 58.8 Å². The van der Waals surface area contributed by atoms with Gasteiger partial charge in [-0.2, -0.15) is 0 Å². The zero-order chi connectivity index (χ0) is 25.6. The van der Waals surface area contributed by atoms with Gasteiger partial charge >= 0.3 is 0 Å². The van der Waals surface area contributed by atoms with Gasteiger partial charge in [-0.05, 0) is 48.0 Å². The number of carbonyl (C=O) groups excluding carboxylic acids is 2. The first-order valence-electron chi connectivity index (χ1n) is 10.9. The highest BCUT2D eigenvalue weighted by atomic mass is 32.2. The van der Waals surface area contributed by atoms with E-state index in [1.54, 1.807) is 38.4 Å². The van der Waals surface area contributed by atoms with E-state index in [9.17, 15) is 18.0 Å². The molecule has 0 unspecified atom stereocenters. The van der Waals surface area contributed by atoms with Crippen LogP contribution >= 0.6 is 0 Å². The van der Waals surface area contributed by atoms with E-state index in [1.165, 1.54) is 43.3 Å². The van der Waals surface area contributed by atoms with Gasteiger partial charge in [0.15, 0.2) is 0 Å². The van der Waals surface area contributed by atoms with Crippen LogP contribution in [0.4, 0.5) is 5.69 Å². The third kappa shape index (κ3) is 6.26. The second kappa shape index (κ2) is 11.2. The predicted octanol–water partition coefficient (Wildman–Crippen LogP) is 2.95. The summed E-state index contributed by atoms with van der Waals surface area (Å²) in [5.41, 5.74) is 1.66. The molecule has 0 saturated heterocycles. The van der Waals surface area contributed by atoms with Gasteiger partial charge in [0.1, 0.15) is 11.8 Å². The van der Waals surface area contributed by atoms with E-state index in [0.717, 1.165) is 9.87 Å². The van der Waals surface area contributed by atoms with Gasteiger partial charge in [0.2, 0.25) is 15.9 Å². The fourth-order valence-electron chi connectivity index (χ4n) is 3.47. The van der Waals surface area contributed by atoms with E-state index >= 15 is 0 Å². The third-order valence-electron chi connectivity index (χ3n) is 5.55. The first kappa shape index (κ1) is 25.9. The molecule has 3 aromatic rings. The van der Waals surface area contributed by atoms with Crippen molar-refractivity contribution in [2.45, 2.75) is 17.4 Å². The molecule has 3 rings (SSSR count). The van der Waals surface area contributed by atoms with Gasteiger partial charge in [-0.3, -0.25) is 9.59 Å². The van der Waals surface area contributed by atoms with Gasteiger partial charge < -0.3 is 15.0 Å². The number of anilines is 1. The van der Waals surface area contributed by atoms with E-state index in [0.29, 0.717) is 11.4 Å². The highest BCUT2D eigenvalue weighted by Crippen LogP contribution is 2.20. The molecule has 1 N–H and O–H groups in total. The van der Waals surface area contributed by atoms with Crippen LogP contribution in [0.5, 0.6) is 5.75 Å². The summed E-state index contributed by atoms with van der Waals surface area (Å²) in [6, 6.07) is 21.2. The summed E-state index contributed by atoms with van der Waals surface area (Å²) in [7, 11) is 2.33. The zero-order valence-corrected chi connectivity index (χ0v) is 21.0. The monoisotopic (exact) mass is 495 g/mol. The fraction of sp³-hybridized carbons (Fsp3) is 0.231. The summed E-state index contributed by atoms with van der Waals surface area (Å²) in [6.07, 6.45) is 0.265. The summed E-state index contributed by atoms with van der Waals surface area (Å²) in [5.74, 6) is -0.195. The first-order chi connectivity index (χ1) is 16.6. The minimum atomic E-state index is -3.71. The normalized spacial score (nSPS) is 12.1. The molecule has 184 valence electrons. The lowest BCUT2D eigenvalue weighted by Crippen LogP contribution is -2.48. The quantitative estimate of drug-likeness (QED) is 0.492. The average molecular weight is 496 g/mol. The highest BCUT2D eigenvalue weighted by Gasteiger charge is 2.26. The van der Waals surface area contributed by atoms with Crippen LogP contribution in [0.3, 0.4) is 0 Å². The number of carbonyl (C=O) groups is 2. The van der Waals surface area contributed by atoms with Crippen LogP contribution < -0.4 is 15.0 Å². The highest BCUT2D eigenvalue weighted by molar-refractivity contribution is 7.89. The Kier molecular flexibility index (Phi) is 8.26. The number of sulfonamides is 1. The van der Waals surface area contributed by atoms with Crippen molar-refractivity contribution in [2.75, 3.05) is 33.2 Å². The smallest absolute Gasteiger partial charge is 0.251 e. The molecular weight excluding hydrogens is 466 g/mol. The van der Waals surface area contributed by atoms with Crippen LogP contribution in [0.15, 0.2) is 83.8 Å². The lowest BCUT2D eigenvalue weighted by molar-refractivity contribution is -0.120. The Morgan fingerprint density at radius 1 is 0.914 bits per heavy atom. The number of nitrogens with one attached hydrogen (secondary N) is 1. The topological polar surface area (TPSA) is 96.0 Å². The van der Waals surface area contributed by atoms with Crippen molar-refractivity contribution in [3.8, 4) is 5.75 Å². The Morgan fingerprint density at radius 3 is 2.17 bits per heavy atom. The number of hydrogen-bond donors (Lipinski definition) is 1. The SMILES string of the molecule is COc1ccc(N(C)C(=O)[C@H](Cc2ccccc2)NC(=O)c2cccc(S(=O)(=O)N(C)C)c2)cc1. The Bertz CT molecular complexity index is 1280. The van der Waals surface area contributed by atoms with Crippen LogP contribution in [0.1, 0.15) is 15.9 Å². The molecule has 35 heavy (non-hydrogen) atoms. The van der Waals surface area contributed by atoms with Crippen LogP contribution in [0.2, 0.25) is 0 Å². The van der Waals surface area contributed by atoms with Crippen molar-refractivity contribution in [2.24, 2.45) is 0 Å². The molecule has 0 fully saturated rings. The van der Waals surface area contributed by atoms with Crippen LogP contribution in [-0.2, 0) is 21.2 Å². The second-order valence-corrected chi connectivity index (χ2v) is 10.3. The molecule has 0 aliphatic heterocycles. The number of hydrogen-bond acceptors (Lipinski definition) is 5.